The molecule has 0 saturated heterocycles. The van der Waals surface area contributed by atoms with E-state index in [-0.39, 0.29) is 11.9 Å². The van der Waals surface area contributed by atoms with Gasteiger partial charge in [-0.25, -0.2) is 4.79 Å². The van der Waals surface area contributed by atoms with E-state index >= 15 is 0 Å². The highest BCUT2D eigenvalue weighted by Crippen LogP contribution is 2.26. The van der Waals surface area contributed by atoms with Crippen LogP contribution in [0.15, 0.2) is 48.5 Å². The van der Waals surface area contributed by atoms with Crippen LogP contribution in [0.25, 0.3) is 0 Å². The van der Waals surface area contributed by atoms with Crippen molar-refractivity contribution in [2.45, 2.75) is 44.2 Å². The van der Waals surface area contributed by atoms with E-state index in [0.29, 0.717) is 11.1 Å². The molecule has 2 aliphatic rings. The normalized spacial score (nSPS) is 16.8. The lowest BCUT2D eigenvalue weighted by Crippen LogP contribution is -2.33. The second-order valence-electron chi connectivity index (χ2n) is 6.82. The molecule has 1 atom stereocenters. The summed E-state index contributed by atoms with van der Waals surface area (Å²) >= 11 is 0. The van der Waals surface area contributed by atoms with Gasteiger partial charge < -0.3 is 10.1 Å². The van der Waals surface area contributed by atoms with Crippen molar-refractivity contribution in [1.82, 2.24) is 5.32 Å². The molecule has 2 aromatic rings. The zero-order chi connectivity index (χ0) is 17.2. The van der Waals surface area contributed by atoms with Gasteiger partial charge in [0, 0.05) is 11.6 Å². The Hall–Kier alpha value is -2.62. The summed E-state index contributed by atoms with van der Waals surface area (Å²) in [5.74, 6) is -0.697. The van der Waals surface area contributed by atoms with Crippen molar-refractivity contribution in [3.8, 4) is 0 Å². The Kier molecular flexibility index (Phi) is 4.26. The van der Waals surface area contributed by atoms with Crippen LogP contribution >= 0.6 is 0 Å². The predicted molar refractivity (Wildman–Crippen MR) is 94.2 cm³/mol. The summed E-state index contributed by atoms with van der Waals surface area (Å²) < 4.78 is 5.62. The van der Waals surface area contributed by atoms with Gasteiger partial charge in [-0.05, 0) is 55.4 Å². The molecule has 0 bridgehead atoms. The number of aryl methyl sites for hydroxylation is 2. The van der Waals surface area contributed by atoms with Crippen molar-refractivity contribution in [2.24, 2.45) is 0 Å². The average Bonchev–Trinajstić information content (AvgIpc) is 3.32. The van der Waals surface area contributed by atoms with Crippen LogP contribution in [-0.2, 0) is 22.4 Å². The Morgan fingerprint density at radius 2 is 1.76 bits per heavy atom. The van der Waals surface area contributed by atoms with E-state index in [1.807, 2.05) is 42.5 Å². The van der Waals surface area contributed by atoms with Gasteiger partial charge in [-0.3, -0.25) is 4.79 Å². The van der Waals surface area contributed by atoms with Gasteiger partial charge in [0.1, 0.15) is 0 Å². The number of amides is 1. The fraction of sp³-hybridized carbons (Fsp3) is 0.333. The molecule has 1 N–H and O–H groups in total. The molecule has 4 nitrogen and oxygen atoms in total. The number of nitrogens with one attached hydrogen (secondary N) is 1. The number of carbonyl (C=O) groups excluding carboxylic acids is 2. The molecule has 0 aliphatic heterocycles. The Labute approximate surface area is 147 Å². The van der Waals surface area contributed by atoms with Gasteiger partial charge in [-0.1, -0.05) is 36.4 Å². The molecule has 0 aromatic heterocycles. The first-order valence-electron chi connectivity index (χ1n) is 8.89. The largest absolute Gasteiger partial charge is 0.444 e. The standard InChI is InChI=1S/C21H21NO3/c23-20(22-18-11-12-18)19(15-5-2-1-3-6-15)25-21(24)17-10-9-14-7-4-8-16(14)13-17/h1-3,5-6,9-10,13,18-19H,4,7-8,11-12H2,(H,22,23). The number of ether oxygens (including phenoxy) is 1. The summed E-state index contributed by atoms with van der Waals surface area (Å²) in [5, 5.41) is 2.93. The van der Waals surface area contributed by atoms with Crippen LogP contribution in [0.5, 0.6) is 0 Å². The summed E-state index contributed by atoms with van der Waals surface area (Å²) in [6, 6.07) is 15.1. The molecule has 25 heavy (non-hydrogen) atoms. The van der Waals surface area contributed by atoms with Crippen molar-refractivity contribution in [3.05, 3.63) is 70.8 Å². The molecular formula is C21H21NO3. The summed E-state index contributed by atoms with van der Waals surface area (Å²) in [7, 11) is 0. The number of hydrogen-bond acceptors (Lipinski definition) is 3. The smallest absolute Gasteiger partial charge is 0.339 e. The zero-order valence-corrected chi connectivity index (χ0v) is 14.0. The second-order valence-corrected chi connectivity index (χ2v) is 6.82. The molecule has 1 unspecified atom stereocenters. The number of hydrogen-bond donors (Lipinski definition) is 1. The zero-order valence-electron chi connectivity index (χ0n) is 14.0. The summed E-state index contributed by atoms with van der Waals surface area (Å²) in [5.41, 5.74) is 3.73. The molecule has 1 amide bonds. The third kappa shape index (κ3) is 3.58. The monoisotopic (exact) mass is 335 g/mol. The lowest BCUT2D eigenvalue weighted by atomic mass is 10.1. The van der Waals surface area contributed by atoms with Gasteiger partial charge in [0.15, 0.2) is 0 Å². The molecule has 1 saturated carbocycles. The minimum Gasteiger partial charge on any atom is -0.444 e. The predicted octanol–water partition coefficient (Wildman–Crippen LogP) is 3.35. The van der Waals surface area contributed by atoms with E-state index in [1.165, 1.54) is 11.1 Å². The summed E-state index contributed by atoms with van der Waals surface area (Å²) in [4.78, 5) is 25.2. The summed E-state index contributed by atoms with van der Waals surface area (Å²) in [6.45, 7) is 0. The number of fused-ring (bicyclic) bond motifs is 1. The minimum atomic E-state index is -0.914. The molecule has 0 spiro atoms. The van der Waals surface area contributed by atoms with Crippen LogP contribution in [0, 0.1) is 0 Å². The maximum absolute atomic E-state index is 12.6. The van der Waals surface area contributed by atoms with Crippen LogP contribution in [0.2, 0.25) is 0 Å². The molecule has 0 radical (unpaired) electrons. The fourth-order valence-corrected chi connectivity index (χ4v) is 3.28. The molecule has 4 heteroatoms. The Balaban J connectivity index is 1.55. The van der Waals surface area contributed by atoms with Gasteiger partial charge >= 0.3 is 5.97 Å². The van der Waals surface area contributed by atoms with Crippen molar-refractivity contribution in [1.29, 1.82) is 0 Å². The molecule has 2 aromatic carbocycles. The highest BCUT2D eigenvalue weighted by atomic mass is 16.5. The van der Waals surface area contributed by atoms with Gasteiger partial charge in [0.25, 0.3) is 5.91 Å². The van der Waals surface area contributed by atoms with E-state index in [2.05, 4.69) is 5.32 Å². The highest BCUT2D eigenvalue weighted by molar-refractivity contribution is 5.93. The first-order valence-corrected chi connectivity index (χ1v) is 8.89. The average molecular weight is 335 g/mol. The van der Waals surface area contributed by atoms with Gasteiger partial charge in [-0.2, -0.15) is 0 Å². The van der Waals surface area contributed by atoms with Crippen LogP contribution < -0.4 is 5.32 Å². The van der Waals surface area contributed by atoms with Gasteiger partial charge in [-0.15, -0.1) is 0 Å². The highest BCUT2D eigenvalue weighted by Gasteiger charge is 2.31. The first-order chi connectivity index (χ1) is 12.2. The van der Waals surface area contributed by atoms with E-state index in [1.54, 1.807) is 6.07 Å². The van der Waals surface area contributed by atoms with Gasteiger partial charge in [0.05, 0.1) is 5.56 Å². The van der Waals surface area contributed by atoms with E-state index in [4.69, 9.17) is 4.74 Å². The molecular weight excluding hydrogens is 314 g/mol. The molecule has 1 fully saturated rings. The molecule has 4 rings (SSSR count). The summed E-state index contributed by atoms with van der Waals surface area (Å²) in [6.07, 6.45) is 4.27. The Morgan fingerprint density at radius 3 is 2.52 bits per heavy atom. The lowest BCUT2D eigenvalue weighted by Gasteiger charge is -2.18. The minimum absolute atomic E-state index is 0.220. The Bertz CT molecular complexity index is 796. The third-order valence-corrected chi connectivity index (χ3v) is 4.82. The van der Waals surface area contributed by atoms with E-state index < -0.39 is 12.1 Å². The SMILES string of the molecule is O=C(OC(C(=O)NC1CC1)c1ccccc1)c1ccc2c(c1)CCC2. The van der Waals surface area contributed by atoms with E-state index in [0.717, 1.165) is 32.1 Å². The molecule has 128 valence electrons. The topological polar surface area (TPSA) is 55.4 Å². The van der Waals surface area contributed by atoms with Crippen LogP contribution in [0.3, 0.4) is 0 Å². The number of benzene rings is 2. The maximum atomic E-state index is 12.6. The van der Waals surface area contributed by atoms with Gasteiger partial charge in [0.2, 0.25) is 6.10 Å². The molecule has 2 aliphatic carbocycles. The quantitative estimate of drug-likeness (QED) is 0.853. The lowest BCUT2D eigenvalue weighted by molar-refractivity contribution is -0.130. The van der Waals surface area contributed by atoms with Crippen LogP contribution in [0.1, 0.15) is 52.4 Å². The molecule has 0 heterocycles. The van der Waals surface area contributed by atoms with Crippen LogP contribution in [-0.4, -0.2) is 17.9 Å². The maximum Gasteiger partial charge on any atom is 0.339 e. The van der Waals surface area contributed by atoms with Crippen molar-refractivity contribution in [3.63, 3.8) is 0 Å². The van der Waals surface area contributed by atoms with Crippen LogP contribution in [0.4, 0.5) is 0 Å². The number of rotatable bonds is 5. The Morgan fingerprint density at radius 1 is 1.00 bits per heavy atom. The van der Waals surface area contributed by atoms with E-state index in [9.17, 15) is 9.59 Å². The fourth-order valence-electron chi connectivity index (χ4n) is 3.28. The van der Waals surface area contributed by atoms with Crippen molar-refractivity contribution >= 4 is 11.9 Å². The second kappa shape index (κ2) is 6.71. The number of esters is 1. The number of carbonyl (C=O) groups is 2. The van der Waals surface area contributed by atoms with Crippen molar-refractivity contribution in [2.75, 3.05) is 0 Å². The first kappa shape index (κ1) is 15.9. The third-order valence-electron chi connectivity index (χ3n) is 4.82. The van der Waals surface area contributed by atoms with Crippen molar-refractivity contribution < 1.29 is 14.3 Å².